The third kappa shape index (κ3) is 4.65. The van der Waals surface area contributed by atoms with Crippen molar-refractivity contribution in [3.05, 3.63) is 34.9 Å². The highest BCUT2D eigenvalue weighted by Gasteiger charge is 2.20. The molecule has 118 valence electrons. The lowest BCUT2D eigenvalue weighted by atomic mass is 10.1. The van der Waals surface area contributed by atoms with Gasteiger partial charge in [0.15, 0.2) is 5.78 Å². The average molecular weight is 347 g/mol. The maximum Gasteiger partial charge on any atom is 0.337 e. The van der Waals surface area contributed by atoms with Crippen molar-refractivity contribution in [1.29, 1.82) is 0 Å². The molecule has 0 unspecified atom stereocenters. The van der Waals surface area contributed by atoms with Crippen molar-refractivity contribution in [2.75, 3.05) is 11.9 Å². The fourth-order valence-corrected chi connectivity index (χ4v) is 2.58. The molecule has 8 nitrogen and oxygen atoms in total. The second-order valence-electron chi connectivity index (χ2n) is 3.99. The highest BCUT2D eigenvalue weighted by molar-refractivity contribution is 7.89. The molecule has 0 aliphatic carbocycles. The summed E-state index contributed by atoms with van der Waals surface area (Å²) in [6.07, 6.45) is 2.40. The number of benzene rings is 1. The van der Waals surface area contributed by atoms with E-state index in [1.54, 1.807) is 0 Å². The molecule has 1 aromatic rings. The van der Waals surface area contributed by atoms with Gasteiger partial charge in [-0.05, 0) is 24.3 Å². The quantitative estimate of drug-likeness (QED) is 0.479. The van der Waals surface area contributed by atoms with E-state index < -0.39 is 32.2 Å². The Labute approximate surface area is 130 Å². The first-order chi connectivity index (χ1) is 10.2. The van der Waals surface area contributed by atoms with Gasteiger partial charge >= 0.3 is 5.97 Å². The summed E-state index contributed by atoms with van der Waals surface area (Å²) in [5.41, 5.74) is -0.474. The minimum atomic E-state index is -4.19. The SMILES string of the molecule is NS(=O)(=O)c1cc(C(=O)O)c(NCC(=O)/C=C\C=O)cc1Cl. The van der Waals surface area contributed by atoms with Gasteiger partial charge in [0.25, 0.3) is 0 Å². The number of ketones is 1. The number of aromatic carboxylic acids is 1. The number of allylic oxidation sites excluding steroid dienone is 1. The molecule has 1 aromatic carbocycles. The van der Waals surface area contributed by atoms with E-state index in [4.69, 9.17) is 21.8 Å². The van der Waals surface area contributed by atoms with Gasteiger partial charge in [-0.3, -0.25) is 9.59 Å². The van der Waals surface area contributed by atoms with Gasteiger partial charge in [-0.1, -0.05) is 11.6 Å². The largest absolute Gasteiger partial charge is 0.478 e. The van der Waals surface area contributed by atoms with Crippen LogP contribution in [0.25, 0.3) is 0 Å². The monoisotopic (exact) mass is 346 g/mol. The van der Waals surface area contributed by atoms with Gasteiger partial charge in [0.1, 0.15) is 11.2 Å². The Morgan fingerprint density at radius 3 is 2.50 bits per heavy atom. The number of halogens is 1. The minimum absolute atomic E-state index is 0.0576. The second kappa shape index (κ2) is 7.16. The molecular formula is C12H11ClN2O6S. The summed E-state index contributed by atoms with van der Waals surface area (Å²) in [7, 11) is -4.19. The van der Waals surface area contributed by atoms with Crippen LogP contribution >= 0.6 is 11.6 Å². The van der Waals surface area contributed by atoms with Crippen LogP contribution in [-0.4, -0.2) is 38.1 Å². The van der Waals surface area contributed by atoms with E-state index in [0.29, 0.717) is 6.29 Å². The number of nitrogens with two attached hydrogens (primary N) is 1. The predicted molar refractivity (Wildman–Crippen MR) is 78.5 cm³/mol. The number of hydrogen-bond donors (Lipinski definition) is 3. The summed E-state index contributed by atoms with van der Waals surface area (Å²) in [6, 6.07) is 1.84. The molecule has 1 rings (SSSR count). The Morgan fingerprint density at radius 1 is 1.36 bits per heavy atom. The lowest BCUT2D eigenvalue weighted by Crippen LogP contribution is -2.17. The van der Waals surface area contributed by atoms with Gasteiger partial charge < -0.3 is 10.4 Å². The lowest BCUT2D eigenvalue weighted by molar-refractivity contribution is -0.113. The van der Waals surface area contributed by atoms with Crippen molar-refractivity contribution >= 4 is 45.4 Å². The molecule has 0 aliphatic heterocycles. The van der Waals surface area contributed by atoms with Gasteiger partial charge in [-0.15, -0.1) is 0 Å². The molecule has 0 aromatic heterocycles. The lowest BCUT2D eigenvalue weighted by Gasteiger charge is -2.11. The van der Waals surface area contributed by atoms with Crippen molar-refractivity contribution in [1.82, 2.24) is 0 Å². The number of carbonyl (C=O) groups is 3. The van der Waals surface area contributed by atoms with Crippen molar-refractivity contribution in [3.63, 3.8) is 0 Å². The van der Waals surface area contributed by atoms with Gasteiger partial charge in [0.2, 0.25) is 10.0 Å². The Balaban J connectivity index is 3.17. The number of carbonyl (C=O) groups excluding carboxylic acids is 2. The molecule has 0 bridgehead atoms. The van der Waals surface area contributed by atoms with E-state index >= 15 is 0 Å². The average Bonchev–Trinajstić information content (AvgIpc) is 2.40. The third-order valence-electron chi connectivity index (χ3n) is 2.42. The van der Waals surface area contributed by atoms with Gasteiger partial charge in [-0.25, -0.2) is 18.4 Å². The van der Waals surface area contributed by atoms with Gasteiger partial charge in [0, 0.05) is 0 Å². The maximum atomic E-state index is 11.4. The molecule has 0 spiro atoms. The predicted octanol–water partition coefficient (Wildman–Crippen LogP) is 0.422. The van der Waals surface area contributed by atoms with Crippen LogP contribution in [0.2, 0.25) is 5.02 Å². The molecular weight excluding hydrogens is 336 g/mol. The fourth-order valence-electron chi connectivity index (χ4n) is 1.48. The van der Waals surface area contributed by atoms with Crippen molar-refractivity contribution in [2.45, 2.75) is 4.90 Å². The van der Waals surface area contributed by atoms with Crippen molar-refractivity contribution in [2.24, 2.45) is 5.14 Å². The van der Waals surface area contributed by atoms with E-state index in [1.165, 1.54) is 0 Å². The molecule has 10 heteroatoms. The zero-order chi connectivity index (χ0) is 16.9. The van der Waals surface area contributed by atoms with E-state index in [2.05, 4.69) is 5.32 Å². The number of carboxylic acids is 1. The van der Waals surface area contributed by atoms with E-state index in [-0.39, 0.29) is 17.3 Å². The number of nitrogens with one attached hydrogen (secondary N) is 1. The second-order valence-corrected chi connectivity index (χ2v) is 5.93. The molecule has 0 atom stereocenters. The molecule has 0 saturated carbocycles. The standard InChI is InChI=1S/C12H11ClN2O6S/c13-9-5-10(15-6-7(17)2-1-3-16)8(12(18)19)4-11(9)22(14,20)21/h1-5,15H,6H2,(H,18,19)(H2,14,20,21)/b2-1-. The van der Waals surface area contributed by atoms with E-state index in [1.807, 2.05) is 0 Å². The fraction of sp³-hybridized carbons (Fsp3) is 0.0833. The molecule has 0 fully saturated rings. The van der Waals surface area contributed by atoms with Crippen molar-refractivity contribution < 1.29 is 27.9 Å². The van der Waals surface area contributed by atoms with E-state index in [0.717, 1.165) is 24.3 Å². The number of anilines is 1. The van der Waals surface area contributed by atoms with Crippen LogP contribution in [0.1, 0.15) is 10.4 Å². The van der Waals surface area contributed by atoms with Crippen LogP contribution in [0.5, 0.6) is 0 Å². The van der Waals surface area contributed by atoms with Crippen LogP contribution in [0, 0.1) is 0 Å². The first-order valence-electron chi connectivity index (χ1n) is 5.65. The molecule has 0 saturated heterocycles. The van der Waals surface area contributed by atoms with Crippen LogP contribution in [0.3, 0.4) is 0 Å². The first kappa shape index (κ1) is 17.8. The summed E-state index contributed by atoms with van der Waals surface area (Å²) in [5, 5.41) is 16.2. The third-order valence-corrected chi connectivity index (χ3v) is 3.80. The number of primary sulfonamides is 1. The summed E-state index contributed by atoms with van der Waals surface area (Å²) in [5.74, 6) is -1.92. The topological polar surface area (TPSA) is 144 Å². The van der Waals surface area contributed by atoms with Crippen LogP contribution in [-0.2, 0) is 19.6 Å². The zero-order valence-electron chi connectivity index (χ0n) is 10.9. The molecule has 0 amide bonds. The Bertz CT molecular complexity index is 757. The molecule has 4 N–H and O–H groups in total. The summed E-state index contributed by atoms with van der Waals surface area (Å²) in [6.45, 7) is -0.310. The number of rotatable bonds is 7. The number of sulfonamides is 1. The molecule has 0 radical (unpaired) electrons. The van der Waals surface area contributed by atoms with Crippen LogP contribution in [0.4, 0.5) is 5.69 Å². The summed E-state index contributed by atoms with van der Waals surface area (Å²) < 4.78 is 22.6. The zero-order valence-corrected chi connectivity index (χ0v) is 12.5. The Morgan fingerprint density at radius 2 is 2.00 bits per heavy atom. The van der Waals surface area contributed by atoms with Gasteiger partial charge in [-0.2, -0.15) is 0 Å². The number of carboxylic acid groups (broad SMARTS) is 1. The van der Waals surface area contributed by atoms with Crippen molar-refractivity contribution in [3.8, 4) is 0 Å². The number of aldehydes is 1. The maximum absolute atomic E-state index is 11.4. The first-order valence-corrected chi connectivity index (χ1v) is 7.57. The Kier molecular flexibility index (Phi) is 5.80. The Hall–Kier alpha value is -2.23. The molecule has 22 heavy (non-hydrogen) atoms. The summed E-state index contributed by atoms with van der Waals surface area (Å²) >= 11 is 5.75. The number of hydrogen-bond acceptors (Lipinski definition) is 6. The molecule has 0 aliphatic rings. The minimum Gasteiger partial charge on any atom is -0.478 e. The highest BCUT2D eigenvalue weighted by Crippen LogP contribution is 2.28. The summed E-state index contributed by atoms with van der Waals surface area (Å²) in [4.78, 5) is 32.1. The molecule has 0 heterocycles. The van der Waals surface area contributed by atoms with Crippen LogP contribution < -0.4 is 10.5 Å². The smallest absolute Gasteiger partial charge is 0.337 e. The van der Waals surface area contributed by atoms with Gasteiger partial charge in [0.05, 0.1) is 22.8 Å². The normalized spacial score (nSPS) is 11.4. The van der Waals surface area contributed by atoms with E-state index in [9.17, 15) is 22.8 Å². The highest BCUT2D eigenvalue weighted by atomic mass is 35.5. The van der Waals surface area contributed by atoms with Crippen LogP contribution in [0.15, 0.2) is 29.2 Å².